The number of aromatic nitrogens is 3. The minimum Gasteiger partial charge on any atom is -0.452 e. The average molecular weight is 419 g/mol. The number of esters is 1. The van der Waals surface area contributed by atoms with E-state index >= 15 is 0 Å². The molecule has 29 heavy (non-hydrogen) atoms. The summed E-state index contributed by atoms with van der Waals surface area (Å²) in [6.07, 6.45) is 2.57. The normalized spacial score (nSPS) is 11.0. The monoisotopic (exact) mass is 418 g/mol. The van der Waals surface area contributed by atoms with Crippen LogP contribution in [0.1, 0.15) is 17.0 Å². The Morgan fingerprint density at radius 3 is 2.69 bits per heavy atom. The lowest BCUT2D eigenvalue weighted by Crippen LogP contribution is -2.20. The zero-order valence-corrected chi connectivity index (χ0v) is 16.2. The van der Waals surface area contributed by atoms with E-state index in [1.165, 1.54) is 41.1 Å². The molecule has 0 spiro atoms. The van der Waals surface area contributed by atoms with Crippen LogP contribution < -0.4 is 5.32 Å². The quantitative estimate of drug-likeness (QED) is 0.486. The number of anilines is 1. The number of rotatable bonds is 6. The van der Waals surface area contributed by atoms with E-state index in [0.717, 1.165) is 6.08 Å². The van der Waals surface area contributed by atoms with Crippen LogP contribution in [0.2, 0.25) is 5.15 Å². The third-order valence-corrected chi connectivity index (χ3v) is 4.11. The van der Waals surface area contributed by atoms with Crippen LogP contribution in [0.5, 0.6) is 0 Å². The van der Waals surface area contributed by atoms with Crippen molar-refractivity contribution >= 4 is 35.4 Å². The minimum atomic E-state index is -0.735. The maximum Gasteiger partial charge on any atom is 0.331 e. The van der Waals surface area contributed by atoms with Crippen molar-refractivity contribution in [2.24, 2.45) is 0 Å². The largest absolute Gasteiger partial charge is 0.452 e. The van der Waals surface area contributed by atoms with Gasteiger partial charge in [0.1, 0.15) is 16.7 Å². The highest BCUT2D eigenvalue weighted by Gasteiger charge is 2.14. The van der Waals surface area contributed by atoms with Crippen molar-refractivity contribution < 1.29 is 23.2 Å². The molecule has 0 unspecified atom stereocenters. The molecule has 10 heteroatoms. The van der Waals surface area contributed by atoms with Gasteiger partial charge in [-0.2, -0.15) is 5.10 Å². The molecule has 2 aromatic heterocycles. The molecule has 1 N–H and O–H groups in total. The number of nitrogens with zero attached hydrogens (tertiary/aromatic N) is 3. The van der Waals surface area contributed by atoms with Gasteiger partial charge >= 0.3 is 5.97 Å². The molecule has 0 radical (unpaired) electrons. The summed E-state index contributed by atoms with van der Waals surface area (Å²) in [5, 5.41) is 10.6. The second-order valence-electron chi connectivity index (χ2n) is 5.99. The lowest BCUT2D eigenvalue weighted by Gasteiger charge is -2.03. The SMILES string of the molecule is Cc1cc(NC(=O)COC(=O)/C=C/c2c(C)nn(-c3ccc(F)cc3)c2Cl)no1. The number of carbonyl (C=O) groups excluding carboxylic acids is 2. The van der Waals surface area contributed by atoms with Gasteiger partial charge in [0.05, 0.1) is 11.4 Å². The molecule has 0 aliphatic rings. The predicted molar refractivity (Wildman–Crippen MR) is 103 cm³/mol. The molecule has 0 fully saturated rings. The van der Waals surface area contributed by atoms with Gasteiger partial charge in [0, 0.05) is 17.7 Å². The number of ether oxygens (including phenoxy) is 1. The van der Waals surface area contributed by atoms with E-state index in [2.05, 4.69) is 15.6 Å². The number of aryl methyl sites for hydroxylation is 2. The van der Waals surface area contributed by atoms with E-state index in [9.17, 15) is 14.0 Å². The van der Waals surface area contributed by atoms with Gasteiger partial charge in [-0.25, -0.2) is 13.9 Å². The van der Waals surface area contributed by atoms with Crippen LogP contribution in [0.25, 0.3) is 11.8 Å². The van der Waals surface area contributed by atoms with Crippen molar-refractivity contribution in [3.05, 3.63) is 64.4 Å². The van der Waals surface area contributed by atoms with Gasteiger partial charge in [0.25, 0.3) is 5.91 Å². The third kappa shape index (κ3) is 5.08. The van der Waals surface area contributed by atoms with Gasteiger partial charge in [0.15, 0.2) is 12.4 Å². The Kier molecular flexibility index (Phi) is 6.08. The molecule has 0 saturated carbocycles. The molecule has 1 amide bonds. The first-order valence-electron chi connectivity index (χ1n) is 8.42. The van der Waals surface area contributed by atoms with Crippen molar-refractivity contribution in [1.82, 2.24) is 14.9 Å². The van der Waals surface area contributed by atoms with Gasteiger partial charge in [-0.3, -0.25) is 4.79 Å². The topological polar surface area (TPSA) is 99.2 Å². The van der Waals surface area contributed by atoms with Crippen LogP contribution in [-0.2, 0) is 14.3 Å². The van der Waals surface area contributed by atoms with Gasteiger partial charge in [-0.1, -0.05) is 16.8 Å². The van der Waals surface area contributed by atoms with Gasteiger partial charge in [-0.15, -0.1) is 0 Å². The molecular weight excluding hydrogens is 403 g/mol. The van der Waals surface area contributed by atoms with E-state index in [-0.39, 0.29) is 16.8 Å². The van der Waals surface area contributed by atoms with Crippen molar-refractivity contribution in [3.8, 4) is 5.69 Å². The molecular formula is C19H16ClFN4O4. The Bertz CT molecular complexity index is 1070. The number of halogens is 2. The standard InChI is InChI=1S/C19H16ClFN4O4/c1-11-9-16(24-29-11)22-17(26)10-28-18(27)8-7-15-12(2)23-25(19(15)20)14-5-3-13(21)4-6-14/h3-9H,10H2,1-2H3,(H,22,24,26)/b8-7+. The molecule has 1 aromatic carbocycles. The number of amides is 1. The Morgan fingerprint density at radius 1 is 1.31 bits per heavy atom. The van der Waals surface area contributed by atoms with Gasteiger partial charge < -0.3 is 14.6 Å². The summed E-state index contributed by atoms with van der Waals surface area (Å²) in [6, 6.07) is 7.18. The van der Waals surface area contributed by atoms with Crippen LogP contribution in [0.4, 0.5) is 10.2 Å². The highest BCUT2D eigenvalue weighted by molar-refractivity contribution is 6.31. The zero-order valence-electron chi connectivity index (χ0n) is 15.5. The summed E-state index contributed by atoms with van der Waals surface area (Å²) in [5.41, 5.74) is 1.62. The zero-order chi connectivity index (χ0) is 21.0. The smallest absolute Gasteiger partial charge is 0.331 e. The highest BCUT2D eigenvalue weighted by Crippen LogP contribution is 2.24. The lowest BCUT2D eigenvalue weighted by molar-refractivity contribution is -0.142. The molecule has 3 rings (SSSR count). The fourth-order valence-electron chi connectivity index (χ4n) is 2.39. The first-order chi connectivity index (χ1) is 13.8. The minimum absolute atomic E-state index is 0.231. The molecule has 0 atom stereocenters. The molecule has 0 aliphatic heterocycles. The van der Waals surface area contributed by atoms with Crippen LogP contribution in [0.3, 0.4) is 0 Å². The number of carbonyl (C=O) groups is 2. The van der Waals surface area contributed by atoms with E-state index in [1.807, 2.05) is 0 Å². The first kappa shape index (κ1) is 20.3. The van der Waals surface area contributed by atoms with E-state index in [0.29, 0.717) is 22.7 Å². The third-order valence-electron chi connectivity index (χ3n) is 3.75. The summed E-state index contributed by atoms with van der Waals surface area (Å²) < 4.78 is 24.2. The molecule has 3 aromatic rings. The van der Waals surface area contributed by atoms with Crippen LogP contribution in [-0.4, -0.2) is 33.4 Å². The fraction of sp³-hybridized carbons (Fsp3) is 0.158. The Labute approximate surface area is 169 Å². The maximum absolute atomic E-state index is 13.1. The maximum atomic E-state index is 13.1. The van der Waals surface area contributed by atoms with Crippen molar-refractivity contribution in [2.45, 2.75) is 13.8 Å². The number of benzene rings is 1. The highest BCUT2D eigenvalue weighted by atomic mass is 35.5. The molecule has 0 aliphatic carbocycles. The predicted octanol–water partition coefficient (Wildman–Crippen LogP) is 3.46. The first-order valence-corrected chi connectivity index (χ1v) is 8.80. The molecule has 8 nitrogen and oxygen atoms in total. The van der Waals surface area contributed by atoms with Crippen LogP contribution in [0.15, 0.2) is 40.9 Å². The molecule has 0 saturated heterocycles. The molecule has 2 heterocycles. The number of hydrogen-bond acceptors (Lipinski definition) is 6. The second kappa shape index (κ2) is 8.70. The van der Waals surface area contributed by atoms with Crippen LogP contribution >= 0.6 is 11.6 Å². The van der Waals surface area contributed by atoms with Crippen molar-refractivity contribution in [2.75, 3.05) is 11.9 Å². The molecule has 150 valence electrons. The summed E-state index contributed by atoms with van der Waals surface area (Å²) >= 11 is 6.33. The Hall–Kier alpha value is -3.46. The van der Waals surface area contributed by atoms with Gasteiger partial charge in [0.2, 0.25) is 0 Å². The Morgan fingerprint density at radius 2 is 2.03 bits per heavy atom. The van der Waals surface area contributed by atoms with E-state index < -0.39 is 18.5 Å². The number of hydrogen-bond donors (Lipinski definition) is 1. The summed E-state index contributed by atoms with van der Waals surface area (Å²) in [5.74, 6) is -0.900. The van der Waals surface area contributed by atoms with Gasteiger partial charge in [-0.05, 0) is 44.2 Å². The van der Waals surface area contributed by atoms with E-state index in [1.54, 1.807) is 13.8 Å². The molecule has 0 bridgehead atoms. The number of nitrogens with one attached hydrogen (secondary N) is 1. The fourth-order valence-corrected chi connectivity index (χ4v) is 2.73. The van der Waals surface area contributed by atoms with Crippen molar-refractivity contribution in [3.63, 3.8) is 0 Å². The Balaban J connectivity index is 1.61. The average Bonchev–Trinajstić information content (AvgIpc) is 3.21. The summed E-state index contributed by atoms with van der Waals surface area (Å²) in [4.78, 5) is 23.6. The van der Waals surface area contributed by atoms with Crippen LogP contribution in [0, 0.1) is 19.7 Å². The van der Waals surface area contributed by atoms with E-state index in [4.69, 9.17) is 20.9 Å². The lowest BCUT2D eigenvalue weighted by atomic mass is 10.2. The van der Waals surface area contributed by atoms with Crippen molar-refractivity contribution in [1.29, 1.82) is 0 Å². The summed E-state index contributed by atoms with van der Waals surface area (Å²) in [6.45, 7) is 2.90. The second-order valence-corrected chi connectivity index (χ2v) is 6.35. The summed E-state index contributed by atoms with van der Waals surface area (Å²) in [7, 11) is 0.